The highest BCUT2D eigenvalue weighted by molar-refractivity contribution is 5.97. The van der Waals surface area contributed by atoms with Crippen molar-refractivity contribution in [3.8, 4) is 23.0 Å². The summed E-state index contributed by atoms with van der Waals surface area (Å²) in [6, 6.07) is 9.12. The van der Waals surface area contributed by atoms with Crippen LogP contribution in [0.15, 0.2) is 36.4 Å². The predicted octanol–water partition coefficient (Wildman–Crippen LogP) is 2.99. The summed E-state index contributed by atoms with van der Waals surface area (Å²) in [5.41, 5.74) is 0.411. The monoisotopic (exact) mass is 389 g/mol. The predicted molar refractivity (Wildman–Crippen MR) is 102 cm³/mol. The van der Waals surface area contributed by atoms with E-state index in [2.05, 4.69) is 5.32 Å². The Morgan fingerprint density at radius 3 is 2.36 bits per heavy atom. The fraction of sp³-hybridized carbons (Fsp3) is 0.300. The second-order valence-electron chi connectivity index (χ2n) is 5.53. The molecule has 2 aromatic carbocycles. The molecule has 2 aromatic rings. The van der Waals surface area contributed by atoms with E-state index in [1.807, 2.05) is 13.8 Å². The Morgan fingerprint density at radius 1 is 1.00 bits per heavy atom. The number of esters is 1. The summed E-state index contributed by atoms with van der Waals surface area (Å²) in [5, 5.41) is 12.5. The minimum atomic E-state index is -0.822. The van der Waals surface area contributed by atoms with Crippen LogP contribution in [-0.2, 0) is 9.53 Å². The average Bonchev–Trinajstić information content (AvgIpc) is 2.68. The number of benzene rings is 2. The van der Waals surface area contributed by atoms with E-state index in [-0.39, 0.29) is 11.3 Å². The topological polar surface area (TPSA) is 103 Å². The average molecular weight is 389 g/mol. The molecule has 28 heavy (non-hydrogen) atoms. The molecule has 0 aromatic heterocycles. The molecule has 0 fully saturated rings. The van der Waals surface area contributed by atoms with Gasteiger partial charge < -0.3 is 29.4 Å². The largest absolute Gasteiger partial charge is 0.507 e. The molecule has 0 heterocycles. The van der Waals surface area contributed by atoms with Crippen LogP contribution in [0, 0.1) is 0 Å². The maximum atomic E-state index is 12.1. The van der Waals surface area contributed by atoms with Crippen LogP contribution < -0.4 is 19.5 Å². The summed E-state index contributed by atoms with van der Waals surface area (Å²) >= 11 is 0. The fourth-order valence-corrected chi connectivity index (χ4v) is 2.35. The highest BCUT2D eigenvalue weighted by atomic mass is 16.5. The van der Waals surface area contributed by atoms with Gasteiger partial charge in [-0.2, -0.15) is 0 Å². The maximum Gasteiger partial charge on any atom is 0.342 e. The summed E-state index contributed by atoms with van der Waals surface area (Å²) in [5.74, 6) is -0.180. The molecule has 0 unspecified atom stereocenters. The molecule has 0 aliphatic rings. The third-order valence-corrected chi connectivity index (χ3v) is 3.59. The molecule has 1 amide bonds. The molecule has 0 bridgehead atoms. The Labute approximate surface area is 163 Å². The number of hydrogen-bond donors (Lipinski definition) is 2. The molecule has 8 heteroatoms. The lowest BCUT2D eigenvalue weighted by Gasteiger charge is -2.13. The van der Waals surface area contributed by atoms with Gasteiger partial charge >= 0.3 is 5.97 Å². The van der Waals surface area contributed by atoms with E-state index in [0.29, 0.717) is 36.1 Å². The van der Waals surface area contributed by atoms with Crippen molar-refractivity contribution in [2.45, 2.75) is 13.8 Å². The number of phenols is 1. The molecule has 8 nitrogen and oxygen atoms in total. The number of rotatable bonds is 9. The standard InChI is InChI=1S/C20H23NO7/c1-4-26-17-9-6-13(10-18(17)27-5-2)21-19(23)12-28-20(24)15-8-7-14(25-3)11-16(15)22/h6-11,22H,4-5,12H2,1-3H3,(H,21,23). The van der Waals surface area contributed by atoms with Crippen molar-refractivity contribution < 1.29 is 33.6 Å². The summed E-state index contributed by atoms with van der Waals surface area (Å²) in [7, 11) is 1.44. The smallest absolute Gasteiger partial charge is 0.342 e. The molecule has 0 aliphatic heterocycles. The van der Waals surface area contributed by atoms with Gasteiger partial charge in [-0.3, -0.25) is 4.79 Å². The molecule has 0 radical (unpaired) electrons. The normalized spacial score (nSPS) is 10.1. The Morgan fingerprint density at radius 2 is 1.71 bits per heavy atom. The molecule has 150 valence electrons. The molecular formula is C20H23NO7. The number of ether oxygens (including phenoxy) is 4. The van der Waals surface area contributed by atoms with E-state index in [1.54, 1.807) is 18.2 Å². The Bertz CT molecular complexity index is 835. The molecule has 0 aliphatic carbocycles. The number of carbonyl (C=O) groups is 2. The molecule has 0 saturated carbocycles. The van der Waals surface area contributed by atoms with E-state index in [9.17, 15) is 14.7 Å². The van der Waals surface area contributed by atoms with Crippen molar-refractivity contribution in [3.05, 3.63) is 42.0 Å². The van der Waals surface area contributed by atoms with Gasteiger partial charge in [0, 0.05) is 17.8 Å². The van der Waals surface area contributed by atoms with Crippen molar-refractivity contribution in [2.24, 2.45) is 0 Å². The lowest BCUT2D eigenvalue weighted by Crippen LogP contribution is -2.21. The van der Waals surface area contributed by atoms with E-state index >= 15 is 0 Å². The number of aromatic hydroxyl groups is 1. The highest BCUT2D eigenvalue weighted by Gasteiger charge is 2.16. The van der Waals surface area contributed by atoms with Gasteiger partial charge in [-0.05, 0) is 38.1 Å². The van der Waals surface area contributed by atoms with Crippen LogP contribution in [0.4, 0.5) is 5.69 Å². The fourth-order valence-electron chi connectivity index (χ4n) is 2.35. The number of carbonyl (C=O) groups excluding carboxylic acids is 2. The van der Waals surface area contributed by atoms with E-state index in [4.69, 9.17) is 18.9 Å². The van der Waals surface area contributed by atoms with Gasteiger partial charge in [-0.1, -0.05) is 0 Å². The number of nitrogens with one attached hydrogen (secondary N) is 1. The van der Waals surface area contributed by atoms with Crippen molar-refractivity contribution in [1.29, 1.82) is 0 Å². The van der Waals surface area contributed by atoms with Crippen LogP contribution in [0.5, 0.6) is 23.0 Å². The summed E-state index contributed by atoms with van der Waals surface area (Å²) < 4.78 is 20.9. The van der Waals surface area contributed by atoms with Crippen molar-refractivity contribution in [2.75, 3.05) is 32.2 Å². The van der Waals surface area contributed by atoms with Crippen LogP contribution >= 0.6 is 0 Å². The van der Waals surface area contributed by atoms with Crippen LogP contribution in [-0.4, -0.2) is 43.9 Å². The SMILES string of the molecule is CCOc1ccc(NC(=O)COC(=O)c2ccc(OC)cc2O)cc1OCC. The number of anilines is 1. The minimum Gasteiger partial charge on any atom is -0.507 e. The van der Waals surface area contributed by atoms with Gasteiger partial charge in [0.1, 0.15) is 17.1 Å². The van der Waals surface area contributed by atoms with Crippen LogP contribution in [0.25, 0.3) is 0 Å². The second-order valence-corrected chi connectivity index (χ2v) is 5.53. The van der Waals surface area contributed by atoms with Gasteiger partial charge in [-0.15, -0.1) is 0 Å². The van der Waals surface area contributed by atoms with Crippen molar-refractivity contribution in [3.63, 3.8) is 0 Å². The number of methoxy groups -OCH3 is 1. The Hall–Kier alpha value is -3.42. The van der Waals surface area contributed by atoms with Crippen LogP contribution in [0.1, 0.15) is 24.2 Å². The van der Waals surface area contributed by atoms with Gasteiger partial charge in [0.05, 0.1) is 20.3 Å². The van der Waals surface area contributed by atoms with Crippen molar-refractivity contribution in [1.82, 2.24) is 0 Å². The van der Waals surface area contributed by atoms with Crippen molar-refractivity contribution >= 4 is 17.6 Å². The molecule has 2 N–H and O–H groups in total. The van der Waals surface area contributed by atoms with Crippen LogP contribution in [0.2, 0.25) is 0 Å². The highest BCUT2D eigenvalue weighted by Crippen LogP contribution is 2.30. The molecule has 0 spiro atoms. The Balaban J connectivity index is 1.96. The van der Waals surface area contributed by atoms with E-state index in [0.717, 1.165) is 0 Å². The lowest BCUT2D eigenvalue weighted by molar-refractivity contribution is -0.119. The Kier molecular flexibility index (Phi) is 7.50. The zero-order chi connectivity index (χ0) is 20.5. The van der Waals surface area contributed by atoms with E-state index in [1.165, 1.54) is 25.3 Å². The first-order valence-corrected chi connectivity index (χ1v) is 8.72. The first-order valence-electron chi connectivity index (χ1n) is 8.72. The second kappa shape index (κ2) is 10.1. The third kappa shape index (κ3) is 5.54. The molecule has 0 atom stereocenters. The zero-order valence-electron chi connectivity index (χ0n) is 16.0. The number of amides is 1. The third-order valence-electron chi connectivity index (χ3n) is 3.59. The lowest BCUT2D eigenvalue weighted by atomic mass is 10.2. The van der Waals surface area contributed by atoms with Gasteiger partial charge in [0.25, 0.3) is 5.91 Å². The van der Waals surface area contributed by atoms with Gasteiger partial charge in [0.2, 0.25) is 0 Å². The maximum absolute atomic E-state index is 12.1. The first kappa shape index (κ1) is 20.9. The summed E-state index contributed by atoms with van der Waals surface area (Å²) in [6.45, 7) is 4.12. The molecular weight excluding hydrogens is 366 g/mol. The molecule has 2 rings (SSSR count). The van der Waals surface area contributed by atoms with Crippen LogP contribution in [0.3, 0.4) is 0 Å². The molecule has 0 saturated heterocycles. The summed E-state index contributed by atoms with van der Waals surface area (Å²) in [4.78, 5) is 24.1. The number of hydrogen-bond acceptors (Lipinski definition) is 7. The van der Waals surface area contributed by atoms with E-state index < -0.39 is 18.5 Å². The summed E-state index contributed by atoms with van der Waals surface area (Å²) in [6.07, 6.45) is 0. The first-order chi connectivity index (χ1) is 13.5. The number of phenolic OH excluding ortho intramolecular Hbond substituents is 1. The zero-order valence-corrected chi connectivity index (χ0v) is 16.0. The van der Waals surface area contributed by atoms with Gasteiger partial charge in [0.15, 0.2) is 18.1 Å². The quantitative estimate of drug-likeness (QED) is 0.636. The minimum absolute atomic E-state index is 0.0618. The van der Waals surface area contributed by atoms with Gasteiger partial charge in [-0.25, -0.2) is 4.79 Å².